The van der Waals surface area contributed by atoms with Crippen molar-refractivity contribution in [1.82, 2.24) is 9.88 Å². The number of halogens is 1. The summed E-state index contributed by atoms with van der Waals surface area (Å²) in [5.41, 5.74) is 1.18. The fourth-order valence-corrected chi connectivity index (χ4v) is 2.26. The molecule has 2 heterocycles. The maximum atomic E-state index is 4.41. The van der Waals surface area contributed by atoms with Gasteiger partial charge in [-0.2, -0.15) is 0 Å². The van der Waals surface area contributed by atoms with Gasteiger partial charge in [-0.3, -0.25) is 9.88 Å². The van der Waals surface area contributed by atoms with E-state index in [9.17, 15) is 0 Å². The van der Waals surface area contributed by atoms with Gasteiger partial charge >= 0.3 is 0 Å². The normalized spacial score (nSPS) is 18.7. The quantitative estimate of drug-likeness (QED) is 0.819. The zero-order valence-electron chi connectivity index (χ0n) is 8.95. The van der Waals surface area contributed by atoms with E-state index < -0.39 is 0 Å². The predicted molar refractivity (Wildman–Crippen MR) is 65.7 cm³/mol. The molecule has 3 heteroatoms. The molecule has 1 aromatic rings. The fourth-order valence-electron chi connectivity index (χ4n) is 2.02. The lowest BCUT2D eigenvalue weighted by Gasteiger charge is -2.18. The van der Waals surface area contributed by atoms with Crippen molar-refractivity contribution in [2.45, 2.75) is 32.2 Å². The summed E-state index contributed by atoms with van der Waals surface area (Å²) >= 11 is 3.41. The van der Waals surface area contributed by atoms with Gasteiger partial charge in [0.05, 0.1) is 5.69 Å². The standard InChI is InChI=1S/C12H17BrN2/c13-11-5-6-12(14-9-11)10-15-7-3-1-2-4-8-15/h5-6,9H,1-4,7-8,10H2. The summed E-state index contributed by atoms with van der Waals surface area (Å²) in [6.07, 6.45) is 7.36. The van der Waals surface area contributed by atoms with E-state index in [0.717, 1.165) is 11.0 Å². The number of hydrogen-bond donors (Lipinski definition) is 0. The van der Waals surface area contributed by atoms with E-state index in [1.54, 1.807) is 0 Å². The predicted octanol–water partition coefficient (Wildman–Crippen LogP) is 3.22. The first-order chi connectivity index (χ1) is 7.34. The molecular weight excluding hydrogens is 252 g/mol. The molecule has 0 aromatic carbocycles. The van der Waals surface area contributed by atoms with Crippen molar-refractivity contribution in [2.24, 2.45) is 0 Å². The van der Waals surface area contributed by atoms with Crippen LogP contribution >= 0.6 is 15.9 Å². The first kappa shape index (κ1) is 11.1. The molecule has 2 nitrogen and oxygen atoms in total. The first-order valence-electron chi connectivity index (χ1n) is 5.67. The Hall–Kier alpha value is -0.410. The maximum Gasteiger partial charge on any atom is 0.0544 e. The van der Waals surface area contributed by atoms with Gasteiger partial charge in [-0.05, 0) is 54.0 Å². The van der Waals surface area contributed by atoms with Crippen LogP contribution in [0.15, 0.2) is 22.8 Å². The molecule has 0 radical (unpaired) electrons. The van der Waals surface area contributed by atoms with Crippen LogP contribution in [-0.4, -0.2) is 23.0 Å². The van der Waals surface area contributed by atoms with Gasteiger partial charge in [-0.1, -0.05) is 12.8 Å². The molecule has 82 valence electrons. The highest BCUT2D eigenvalue weighted by Gasteiger charge is 2.09. The topological polar surface area (TPSA) is 16.1 Å². The Labute approximate surface area is 99.8 Å². The lowest BCUT2D eigenvalue weighted by molar-refractivity contribution is 0.273. The van der Waals surface area contributed by atoms with Crippen LogP contribution in [0.2, 0.25) is 0 Å². The van der Waals surface area contributed by atoms with Crippen LogP contribution in [0.3, 0.4) is 0 Å². The Balaban J connectivity index is 1.92. The summed E-state index contributed by atoms with van der Waals surface area (Å²) in [7, 11) is 0. The smallest absolute Gasteiger partial charge is 0.0544 e. The summed E-state index contributed by atoms with van der Waals surface area (Å²) in [6, 6.07) is 4.18. The van der Waals surface area contributed by atoms with Gasteiger partial charge in [-0.15, -0.1) is 0 Å². The van der Waals surface area contributed by atoms with E-state index in [1.807, 2.05) is 6.20 Å². The molecule has 0 unspecified atom stereocenters. The van der Waals surface area contributed by atoms with Crippen molar-refractivity contribution in [3.05, 3.63) is 28.5 Å². The summed E-state index contributed by atoms with van der Waals surface area (Å²) in [4.78, 5) is 6.93. The average Bonchev–Trinajstić information content (AvgIpc) is 2.50. The number of hydrogen-bond acceptors (Lipinski definition) is 2. The number of likely N-dealkylation sites (tertiary alicyclic amines) is 1. The monoisotopic (exact) mass is 268 g/mol. The van der Waals surface area contributed by atoms with E-state index in [1.165, 1.54) is 44.5 Å². The molecule has 1 aliphatic heterocycles. The molecule has 2 rings (SSSR count). The third-order valence-electron chi connectivity index (χ3n) is 2.87. The number of rotatable bonds is 2. The van der Waals surface area contributed by atoms with Crippen molar-refractivity contribution in [2.75, 3.05) is 13.1 Å². The van der Waals surface area contributed by atoms with Crippen molar-refractivity contribution < 1.29 is 0 Å². The van der Waals surface area contributed by atoms with Crippen molar-refractivity contribution in [1.29, 1.82) is 0 Å². The van der Waals surface area contributed by atoms with E-state index in [4.69, 9.17) is 0 Å². The highest BCUT2D eigenvalue weighted by atomic mass is 79.9. The Morgan fingerprint density at radius 3 is 2.47 bits per heavy atom. The highest BCUT2D eigenvalue weighted by Crippen LogP contribution is 2.13. The molecule has 1 fully saturated rings. The molecule has 0 aliphatic carbocycles. The average molecular weight is 269 g/mol. The highest BCUT2D eigenvalue weighted by molar-refractivity contribution is 9.10. The van der Waals surface area contributed by atoms with Crippen LogP contribution < -0.4 is 0 Å². The Morgan fingerprint density at radius 1 is 1.13 bits per heavy atom. The van der Waals surface area contributed by atoms with Crippen molar-refractivity contribution in [3.8, 4) is 0 Å². The van der Waals surface area contributed by atoms with Gasteiger partial charge in [-0.25, -0.2) is 0 Å². The third-order valence-corrected chi connectivity index (χ3v) is 3.34. The molecule has 1 aliphatic rings. The van der Waals surface area contributed by atoms with Crippen LogP contribution in [0.5, 0.6) is 0 Å². The maximum absolute atomic E-state index is 4.41. The third kappa shape index (κ3) is 3.58. The lowest BCUT2D eigenvalue weighted by atomic mass is 10.2. The first-order valence-corrected chi connectivity index (χ1v) is 6.47. The Kier molecular flexibility index (Phi) is 4.15. The van der Waals surface area contributed by atoms with Gasteiger partial charge in [0.2, 0.25) is 0 Å². The van der Waals surface area contributed by atoms with E-state index in [-0.39, 0.29) is 0 Å². The largest absolute Gasteiger partial charge is 0.298 e. The minimum Gasteiger partial charge on any atom is -0.298 e. The van der Waals surface area contributed by atoms with Crippen molar-refractivity contribution >= 4 is 15.9 Å². The number of pyridine rings is 1. The van der Waals surface area contributed by atoms with Crippen LogP contribution in [0.1, 0.15) is 31.4 Å². The summed E-state index contributed by atoms with van der Waals surface area (Å²) in [5.74, 6) is 0. The van der Waals surface area contributed by atoms with Crippen LogP contribution in [-0.2, 0) is 6.54 Å². The second-order valence-electron chi connectivity index (χ2n) is 4.16. The molecule has 15 heavy (non-hydrogen) atoms. The van der Waals surface area contributed by atoms with E-state index in [0.29, 0.717) is 0 Å². The minimum absolute atomic E-state index is 1.01. The lowest BCUT2D eigenvalue weighted by Crippen LogP contribution is -2.24. The van der Waals surface area contributed by atoms with Crippen molar-refractivity contribution in [3.63, 3.8) is 0 Å². The van der Waals surface area contributed by atoms with Gasteiger partial charge in [0, 0.05) is 17.2 Å². The van der Waals surface area contributed by atoms with E-state index in [2.05, 4.69) is 37.9 Å². The molecule has 1 aromatic heterocycles. The molecule has 0 amide bonds. The molecule has 0 atom stereocenters. The summed E-state index contributed by atoms with van der Waals surface area (Å²) in [6.45, 7) is 3.47. The summed E-state index contributed by atoms with van der Waals surface area (Å²) < 4.78 is 1.06. The van der Waals surface area contributed by atoms with Gasteiger partial charge in [0.15, 0.2) is 0 Å². The van der Waals surface area contributed by atoms with Gasteiger partial charge in [0.25, 0.3) is 0 Å². The summed E-state index contributed by atoms with van der Waals surface area (Å²) in [5, 5.41) is 0. The molecule has 0 N–H and O–H groups in total. The number of aromatic nitrogens is 1. The number of nitrogens with zero attached hydrogens (tertiary/aromatic N) is 2. The zero-order valence-corrected chi connectivity index (χ0v) is 10.5. The Morgan fingerprint density at radius 2 is 1.87 bits per heavy atom. The Bertz CT molecular complexity index is 289. The molecule has 0 saturated carbocycles. The van der Waals surface area contributed by atoms with Gasteiger partial charge < -0.3 is 0 Å². The molecule has 0 bridgehead atoms. The SMILES string of the molecule is Brc1ccc(CN2CCCCCC2)nc1. The second kappa shape index (κ2) is 5.61. The van der Waals surface area contributed by atoms with Crippen LogP contribution in [0.4, 0.5) is 0 Å². The molecule has 1 saturated heterocycles. The fraction of sp³-hybridized carbons (Fsp3) is 0.583. The van der Waals surface area contributed by atoms with E-state index >= 15 is 0 Å². The molecule has 0 spiro atoms. The zero-order chi connectivity index (χ0) is 10.5. The van der Waals surface area contributed by atoms with Crippen LogP contribution in [0, 0.1) is 0 Å². The molecular formula is C12H17BrN2. The second-order valence-corrected chi connectivity index (χ2v) is 5.07. The van der Waals surface area contributed by atoms with Gasteiger partial charge in [0.1, 0.15) is 0 Å². The minimum atomic E-state index is 1.01. The van der Waals surface area contributed by atoms with Crippen LogP contribution in [0.25, 0.3) is 0 Å².